The van der Waals surface area contributed by atoms with Gasteiger partial charge in [0, 0.05) is 11.3 Å². The highest BCUT2D eigenvalue weighted by molar-refractivity contribution is 5.68. The fourth-order valence-electron chi connectivity index (χ4n) is 2.67. The van der Waals surface area contributed by atoms with Crippen molar-refractivity contribution >= 4 is 5.97 Å². The van der Waals surface area contributed by atoms with Gasteiger partial charge in [-0.05, 0) is 37.6 Å². The molecule has 0 aromatic heterocycles. The lowest BCUT2D eigenvalue weighted by molar-refractivity contribution is -0.140. The lowest BCUT2D eigenvalue weighted by Crippen LogP contribution is -2.23. The van der Waals surface area contributed by atoms with E-state index in [2.05, 4.69) is 27.8 Å². The number of ether oxygens (including phenoxy) is 1. The topological polar surface area (TPSA) is 95.3 Å². The maximum Gasteiger partial charge on any atom is 0.305 e. The van der Waals surface area contributed by atoms with Crippen molar-refractivity contribution in [1.82, 2.24) is 0 Å². The van der Waals surface area contributed by atoms with Gasteiger partial charge in [-0.2, -0.15) is 0 Å². The molecule has 0 amide bonds. The second kappa shape index (κ2) is 17.3. The first-order valence-electron chi connectivity index (χ1n) is 9.59. The summed E-state index contributed by atoms with van der Waals surface area (Å²) in [7, 11) is 1.42. The van der Waals surface area contributed by atoms with Crippen molar-refractivity contribution in [3.63, 3.8) is 0 Å². The highest BCUT2D eigenvalue weighted by Gasteiger charge is 2.15. The second-order valence-electron chi connectivity index (χ2n) is 6.43. The molecule has 0 aliphatic rings. The fraction of sp³-hybridized carbons (Fsp3) is 0.842. The smallest absolute Gasteiger partial charge is 0.305 e. The Labute approximate surface area is 152 Å². The van der Waals surface area contributed by atoms with E-state index in [4.69, 9.17) is 5.53 Å². The number of unbranched alkanes of at least 4 members (excludes halogenated alkanes) is 7. The van der Waals surface area contributed by atoms with Crippen LogP contribution in [0.1, 0.15) is 84.0 Å². The number of hydrogen-bond donors (Lipinski definition) is 1. The minimum atomic E-state index is -0.595. The summed E-state index contributed by atoms with van der Waals surface area (Å²) in [6.45, 7) is 2.13. The molecule has 0 aliphatic carbocycles. The number of rotatable bonds is 16. The first-order valence-corrected chi connectivity index (χ1v) is 9.59. The lowest BCUT2D eigenvalue weighted by Gasteiger charge is -2.16. The average Bonchev–Trinajstić information content (AvgIpc) is 2.62. The summed E-state index contributed by atoms with van der Waals surface area (Å²) in [5.74, 6) is -0.129. The molecule has 0 bridgehead atoms. The molecule has 6 nitrogen and oxygen atoms in total. The molecule has 144 valence electrons. The van der Waals surface area contributed by atoms with Crippen molar-refractivity contribution in [3.8, 4) is 0 Å². The summed E-state index contributed by atoms with van der Waals surface area (Å²) >= 11 is 0. The molecule has 6 heteroatoms. The van der Waals surface area contributed by atoms with Crippen LogP contribution in [0.4, 0.5) is 0 Å². The van der Waals surface area contributed by atoms with Crippen molar-refractivity contribution < 1.29 is 14.6 Å². The SMILES string of the molecule is CCCCCC(N=[N+]=[N-])C(O)C/C=C/CCCCCCCC(=O)OC. The molecular weight excluding hydrogens is 318 g/mol. The van der Waals surface area contributed by atoms with E-state index in [1.807, 2.05) is 6.08 Å². The van der Waals surface area contributed by atoms with E-state index in [0.717, 1.165) is 64.2 Å². The first kappa shape index (κ1) is 23.5. The molecule has 0 rings (SSSR count). The molecule has 1 N–H and O–H groups in total. The van der Waals surface area contributed by atoms with E-state index in [1.165, 1.54) is 7.11 Å². The van der Waals surface area contributed by atoms with E-state index < -0.39 is 6.10 Å². The Bertz CT molecular complexity index is 407. The van der Waals surface area contributed by atoms with Crippen molar-refractivity contribution in [2.75, 3.05) is 7.11 Å². The van der Waals surface area contributed by atoms with Crippen molar-refractivity contribution in [1.29, 1.82) is 0 Å². The van der Waals surface area contributed by atoms with E-state index in [-0.39, 0.29) is 12.0 Å². The van der Waals surface area contributed by atoms with Crippen LogP contribution < -0.4 is 0 Å². The highest BCUT2D eigenvalue weighted by Crippen LogP contribution is 2.14. The maximum absolute atomic E-state index is 11.0. The van der Waals surface area contributed by atoms with Crippen LogP contribution in [0.15, 0.2) is 17.3 Å². The summed E-state index contributed by atoms with van der Waals surface area (Å²) in [5.41, 5.74) is 8.62. The number of hydrogen-bond acceptors (Lipinski definition) is 4. The summed E-state index contributed by atoms with van der Waals surface area (Å²) in [4.78, 5) is 13.8. The van der Waals surface area contributed by atoms with Crippen LogP contribution in [0.25, 0.3) is 10.4 Å². The van der Waals surface area contributed by atoms with Crippen molar-refractivity contribution in [2.45, 2.75) is 96.1 Å². The van der Waals surface area contributed by atoms with E-state index in [9.17, 15) is 9.90 Å². The van der Waals surface area contributed by atoms with Crippen molar-refractivity contribution in [2.24, 2.45) is 5.11 Å². The van der Waals surface area contributed by atoms with Gasteiger partial charge in [0.05, 0.1) is 19.3 Å². The van der Waals surface area contributed by atoms with Gasteiger partial charge in [-0.3, -0.25) is 4.79 Å². The van der Waals surface area contributed by atoms with Gasteiger partial charge < -0.3 is 9.84 Å². The molecule has 2 atom stereocenters. The molecule has 0 saturated heterocycles. The lowest BCUT2D eigenvalue weighted by atomic mass is 10.0. The Morgan fingerprint density at radius 2 is 1.88 bits per heavy atom. The third-order valence-corrected chi connectivity index (χ3v) is 4.27. The molecular formula is C19H35N3O3. The molecule has 2 unspecified atom stereocenters. The summed E-state index contributed by atoms with van der Waals surface area (Å²) in [5, 5.41) is 13.9. The summed E-state index contributed by atoms with van der Waals surface area (Å²) < 4.78 is 4.61. The predicted molar refractivity (Wildman–Crippen MR) is 101 cm³/mol. The number of aliphatic hydroxyl groups excluding tert-OH is 1. The van der Waals surface area contributed by atoms with Crippen LogP contribution in [0.2, 0.25) is 0 Å². The zero-order chi connectivity index (χ0) is 18.8. The number of carbonyl (C=O) groups excluding carboxylic acids is 1. The van der Waals surface area contributed by atoms with Gasteiger partial charge in [0.15, 0.2) is 0 Å². The van der Waals surface area contributed by atoms with Crippen LogP contribution in [0.3, 0.4) is 0 Å². The summed E-state index contributed by atoms with van der Waals surface area (Å²) in [6, 6.07) is -0.323. The van der Waals surface area contributed by atoms with Crippen LogP contribution in [0, 0.1) is 0 Å². The quantitative estimate of drug-likeness (QED) is 0.0996. The first-order chi connectivity index (χ1) is 12.2. The zero-order valence-corrected chi connectivity index (χ0v) is 15.9. The molecule has 0 aliphatic heterocycles. The minimum absolute atomic E-state index is 0.129. The van der Waals surface area contributed by atoms with Crippen molar-refractivity contribution in [3.05, 3.63) is 22.6 Å². The van der Waals surface area contributed by atoms with E-state index >= 15 is 0 Å². The molecule has 0 aromatic rings. The zero-order valence-electron chi connectivity index (χ0n) is 15.9. The van der Waals surface area contributed by atoms with Gasteiger partial charge in [0.2, 0.25) is 0 Å². The number of nitrogens with zero attached hydrogens (tertiary/aromatic N) is 3. The molecule has 0 fully saturated rings. The number of carbonyl (C=O) groups is 1. The Hall–Kier alpha value is -1.52. The van der Waals surface area contributed by atoms with Crippen LogP contribution in [0.5, 0.6) is 0 Å². The Morgan fingerprint density at radius 3 is 2.56 bits per heavy atom. The molecule has 0 heterocycles. The van der Waals surface area contributed by atoms with Gasteiger partial charge in [0.25, 0.3) is 0 Å². The Morgan fingerprint density at radius 1 is 1.16 bits per heavy atom. The van der Waals surface area contributed by atoms with Gasteiger partial charge in [0.1, 0.15) is 0 Å². The Balaban J connectivity index is 3.73. The number of allylic oxidation sites excluding steroid dienone is 1. The highest BCUT2D eigenvalue weighted by atomic mass is 16.5. The third-order valence-electron chi connectivity index (χ3n) is 4.27. The van der Waals surface area contributed by atoms with Crippen LogP contribution in [-0.4, -0.2) is 30.3 Å². The molecule has 0 saturated carbocycles. The number of esters is 1. The summed E-state index contributed by atoms with van der Waals surface area (Å²) in [6.07, 6.45) is 14.8. The average molecular weight is 354 g/mol. The van der Waals surface area contributed by atoms with Crippen LogP contribution >= 0.6 is 0 Å². The minimum Gasteiger partial charge on any atom is -0.469 e. The normalized spacial score (nSPS) is 13.4. The standard InChI is InChI=1S/C19H35N3O3/c1-3-4-11-14-17(21-22-20)18(23)15-12-9-7-5-6-8-10-13-16-19(24)25-2/h9,12,17-18,23H,3-8,10-11,13-16H2,1-2H3/b12-9+. The number of aliphatic hydroxyl groups is 1. The molecule has 0 aromatic carbocycles. The van der Waals surface area contributed by atoms with Gasteiger partial charge in [-0.15, -0.1) is 0 Å². The van der Waals surface area contributed by atoms with Gasteiger partial charge in [-0.25, -0.2) is 0 Å². The molecule has 0 spiro atoms. The largest absolute Gasteiger partial charge is 0.469 e. The maximum atomic E-state index is 11.0. The van der Waals surface area contributed by atoms with Gasteiger partial charge in [-0.1, -0.05) is 62.7 Å². The van der Waals surface area contributed by atoms with E-state index in [1.54, 1.807) is 0 Å². The Kier molecular flexibility index (Phi) is 16.3. The number of methoxy groups -OCH3 is 1. The van der Waals surface area contributed by atoms with E-state index in [0.29, 0.717) is 12.8 Å². The van der Waals surface area contributed by atoms with Gasteiger partial charge >= 0.3 is 5.97 Å². The second-order valence-corrected chi connectivity index (χ2v) is 6.43. The molecule has 0 radical (unpaired) electrons. The van der Waals surface area contributed by atoms with Crippen LogP contribution in [-0.2, 0) is 9.53 Å². The fourth-order valence-corrected chi connectivity index (χ4v) is 2.67. The monoisotopic (exact) mass is 353 g/mol. The third kappa shape index (κ3) is 14.5. The molecule has 25 heavy (non-hydrogen) atoms. The number of azide groups is 1. The predicted octanol–water partition coefficient (Wildman–Crippen LogP) is 5.46.